The number of anilines is 1. The van der Waals surface area contributed by atoms with E-state index in [4.69, 9.17) is 0 Å². The Balaban J connectivity index is 1.57. The fourth-order valence-corrected chi connectivity index (χ4v) is 1.97. The monoisotopic (exact) mass is 246 g/mol. The number of hydrogen-bond acceptors (Lipinski definition) is 2. The lowest BCUT2D eigenvalue weighted by Crippen LogP contribution is -2.28. The van der Waals surface area contributed by atoms with E-state index in [2.05, 4.69) is 10.6 Å². The lowest BCUT2D eigenvalue weighted by Gasteiger charge is -2.06. The molecule has 0 radical (unpaired) electrons. The van der Waals surface area contributed by atoms with Crippen LogP contribution < -0.4 is 10.6 Å². The predicted octanol–water partition coefficient (Wildman–Crippen LogP) is 2.71. The van der Waals surface area contributed by atoms with Gasteiger partial charge in [-0.05, 0) is 44.4 Å². The summed E-state index contributed by atoms with van der Waals surface area (Å²) in [6.45, 7) is 3.38. The van der Waals surface area contributed by atoms with Gasteiger partial charge in [0.2, 0.25) is 5.91 Å². The number of hydrogen-bond donors (Lipinski definition) is 2. The molecular weight excluding hydrogens is 224 g/mol. The van der Waals surface area contributed by atoms with Gasteiger partial charge in [-0.15, -0.1) is 0 Å². The molecule has 1 aromatic rings. The number of carbonyl (C=O) groups excluding carboxylic acids is 1. The Hall–Kier alpha value is -1.35. The van der Waals surface area contributed by atoms with Gasteiger partial charge in [0.1, 0.15) is 0 Å². The molecule has 98 valence electrons. The zero-order valence-electron chi connectivity index (χ0n) is 11.0. The van der Waals surface area contributed by atoms with Gasteiger partial charge in [0.05, 0.1) is 6.54 Å². The van der Waals surface area contributed by atoms with Crippen LogP contribution in [-0.4, -0.2) is 19.0 Å². The minimum absolute atomic E-state index is 0.0327. The zero-order valence-corrected chi connectivity index (χ0v) is 11.0. The molecule has 1 aliphatic carbocycles. The maximum absolute atomic E-state index is 11.6. The van der Waals surface area contributed by atoms with Gasteiger partial charge < -0.3 is 10.6 Å². The minimum atomic E-state index is 0.0327. The summed E-state index contributed by atoms with van der Waals surface area (Å²) in [5, 5.41) is 6.07. The summed E-state index contributed by atoms with van der Waals surface area (Å²) < 4.78 is 0. The molecule has 1 amide bonds. The highest BCUT2D eigenvalue weighted by atomic mass is 16.1. The number of benzene rings is 1. The zero-order chi connectivity index (χ0) is 12.8. The molecule has 0 aliphatic heterocycles. The first-order valence-corrected chi connectivity index (χ1v) is 6.81. The van der Waals surface area contributed by atoms with Crippen LogP contribution in [0.15, 0.2) is 24.3 Å². The van der Waals surface area contributed by atoms with E-state index in [1.54, 1.807) is 0 Å². The van der Waals surface area contributed by atoms with E-state index in [1.807, 2.05) is 31.2 Å². The SMILES string of the molecule is Cc1ccc(NC(=O)CNCCCC2CC2)cc1. The maximum atomic E-state index is 11.6. The summed E-state index contributed by atoms with van der Waals surface area (Å²) in [5.74, 6) is 1.01. The summed E-state index contributed by atoms with van der Waals surface area (Å²) in [6, 6.07) is 7.86. The smallest absolute Gasteiger partial charge is 0.238 e. The Bertz CT molecular complexity index is 382. The molecule has 1 fully saturated rings. The average Bonchev–Trinajstić information content (AvgIpc) is 3.16. The first kappa shape index (κ1) is 13.1. The second-order valence-corrected chi connectivity index (χ2v) is 5.18. The van der Waals surface area contributed by atoms with Crippen LogP contribution in [0.25, 0.3) is 0 Å². The fourth-order valence-electron chi connectivity index (χ4n) is 1.97. The van der Waals surface area contributed by atoms with Gasteiger partial charge >= 0.3 is 0 Å². The first-order chi connectivity index (χ1) is 8.74. The lowest BCUT2D eigenvalue weighted by atomic mass is 10.2. The quantitative estimate of drug-likeness (QED) is 0.726. The molecule has 0 atom stereocenters. The molecule has 0 saturated heterocycles. The Kier molecular flexibility index (Phi) is 4.76. The van der Waals surface area contributed by atoms with Crippen molar-refractivity contribution in [2.45, 2.75) is 32.6 Å². The van der Waals surface area contributed by atoms with Crippen LogP contribution in [0.3, 0.4) is 0 Å². The summed E-state index contributed by atoms with van der Waals surface area (Å²) in [6.07, 6.45) is 5.32. The third-order valence-corrected chi connectivity index (χ3v) is 3.28. The average molecular weight is 246 g/mol. The predicted molar refractivity (Wildman–Crippen MR) is 74.6 cm³/mol. The molecular formula is C15H22N2O. The van der Waals surface area contributed by atoms with E-state index in [0.29, 0.717) is 6.54 Å². The van der Waals surface area contributed by atoms with Crippen molar-refractivity contribution in [3.63, 3.8) is 0 Å². The highest BCUT2D eigenvalue weighted by molar-refractivity contribution is 5.92. The van der Waals surface area contributed by atoms with Gasteiger partial charge in [0.15, 0.2) is 0 Å². The third kappa shape index (κ3) is 4.88. The van der Waals surface area contributed by atoms with Crippen molar-refractivity contribution in [3.05, 3.63) is 29.8 Å². The topological polar surface area (TPSA) is 41.1 Å². The Morgan fingerprint density at radius 2 is 2.00 bits per heavy atom. The summed E-state index contributed by atoms with van der Waals surface area (Å²) in [4.78, 5) is 11.6. The molecule has 3 heteroatoms. The van der Waals surface area contributed by atoms with Crippen molar-refractivity contribution in [2.75, 3.05) is 18.4 Å². The maximum Gasteiger partial charge on any atom is 0.238 e. The van der Waals surface area contributed by atoms with Crippen molar-refractivity contribution >= 4 is 11.6 Å². The van der Waals surface area contributed by atoms with Crippen molar-refractivity contribution < 1.29 is 4.79 Å². The minimum Gasteiger partial charge on any atom is -0.325 e. The molecule has 1 aromatic carbocycles. The first-order valence-electron chi connectivity index (χ1n) is 6.81. The van der Waals surface area contributed by atoms with Gasteiger partial charge in [-0.2, -0.15) is 0 Å². The molecule has 0 bridgehead atoms. The third-order valence-electron chi connectivity index (χ3n) is 3.28. The van der Waals surface area contributed by atoms with Crippen LogP contribution in [0.1, 0.15) is 31.2 Å². The van der Waals surface area contributed by atoms with Gasteiger partial charge in [0, 0.05) is 5.69 Å². The van der Waals surface area contributed by atoms with E-state index in [1.165, 1.54) is 31.2 Å². The largest absolute Gasteiger partial charge is 0.325 e. The van der Waals surface area contributed by atoms with Gasteiger partial charge in [-0.1, -0.05) is 30.5 Å². The molecule has 0 unspecified atom stereocenters. The summed E-state index contributed by atoms with van der Waals surface area (Å²) in [5.41, 5.74) is 2.07. The Morgan fingerprint density at radius 1 is 1.28 bits per heavy atom. The van der Waals surface area contributed by atoms with Gasteiger partial charge in [0.25, 0.3) is 0 Å². The van der Waals surface area contributed by atoms with Crippen LogP contribution in [0, 0.1) is 12.8 Å². The number of amides is 1. The van der Waals surface area contributed by atoms with Crippen molar-refractivity contribution in [2.24, 2.45) is 5.92 Å². The second-order valence-electron chi connectivity index (χ2n) is 5.18. The second kappa shape index (κ2) is 6.55. The molecule has 0 aromatic heterocycles. The number of nitrogens with one attached hydrogen (secondary N) is 2. The molecule has 0 heterocycles. The van der Waals surface area contributed by atoms with Crippen molar-refractivity contribution in [1.82, 2.24) is 5.32 Å². The molecule has 0 spiro atoms. The normalized spacial score (nSPS) is 14.5. The molecule has 1 aliphatic rings. The van der Waals surface area contributed by atoms with Crippen molar-refractivity contribution in [3.8, 4) is 0 Å². The molecule has 1 saturated carbocycles. The van der Waals surface area contributed by atoms with E-state index < -0.39 is 0 Å². The lowest BCUT2D eigenvalue weighted by molar-refractivity contribution is -0.115. The van der Waals surface area contributed by atoms with E-state index in [0.717, 1.165) is 18.2 Å². The van der Waals surface area contributed by atoms with Crippen molar-refractivity contribution in [1.29, 1.82) is 0 Å². The Labute approximate surface area is 109 Å². The molecule has 3 nitrogen and oxygen atoms in total. The van der Waals surface area contributed by atoms with Crippen LogP contribution in [-0.2, 0) is 4.79 Å². The van der Waals surface area contributed by atoms with Crippen LogP contribution in [0.4, 0.5) is 5.69 Å². The van der Waals surface area contributed by atoms with Gasteiger partial charge in [-0.3, -0.25) is 4.79 Å². The number of aryl methyl sites for hydroxylation is 1. The standard InChI is InChI=1S/C15H22N2O/c1-12-4-8-14(9-5-12)17-15(18)11-16-10-2-3-13-6-7-13/h4-5,8-9,13,16H,2-3,6-7,10-11H2,1H3,(H,17,18). The molecule has 18 heavy (non-hydrogen) atoms. The van der Waals surface area contributed by atoms with Crippen LogP contribution in [0.2, 0.25) is 0 Å². The van der Waals surface area contributed by atoms with Gasteiger partial charge in [-0.25, -0.2) is 0 Å². The summed E-state index contributed by atoms with van der Waals surface area (Å²) >= 11 is 0. The van der Waals surface area contributed by atoms with E-state index >= 15 is 0 Å². The fraction of sp³-hybridized carbons (Fsp3) is 0.533. The van der Waals surface area contributed by atoms with Crippen LogP contribution >= 0.6 is 0 Å². The number of rotatable bonds is 7. The summed E-state index contributed by atoms with van der Waals surface area (Å²) in [7, 11) is 0. The Morgan fingerprint density at radius 3 is 2.67 bits per heavy atom. The van der Waals surface area contributed by atoms with E-state index in [9.17, 15) is 4.79 Å². The highest BCUT2D eigenvalue weighted by Crippen LogP contribution is 2.33. The molecule has 2 rings (SSSR count). The number of carbonyl (C=O) groups is 1. The van der Waals surface area contributed by atoms with E-state index in [-0.39, 0.29) is 5.91 Å². The highest BCUT2D eigenvalue weighted by Gasteiger charge is 2.19. The molecule has 2 N–H and O–H groups in total. The van der Waals surface area contributed by atoms with Crippen LogP contribution in [0.5, 0.6) is 0 Å².